The molecule has 15 heavy (non-hydrogen) atoms. The van der Waals surface area contributed by atoms with Gasteiger partial charge in [0.05, 0.1) is 12.8 Å². The van der Waals surface area contributed by atoms with Gasteiger partial charge in [-0.25, -0.2) is 9.78 Å². The van der Waals surface area contributed by atoms with Crippen LogP contribution in [0.3, 0.4) is 0 Å². The van der Waals surface area contributed by atoms with Crippen molar-refractivity contribution < 1.29 is 9.53 Å². The fourth-order valence-electron chi connectivity index (χ4n) is 1.50. The molecule has 0 saturated heterocycles. The molecule has 84 valence electrons. The lowest BCUT2D eigenvalue weighted by Gasteiger charge is -2.20. The summed E-state index contributed by atoms with van der Waals surface area (Å²) in [5.41, 5.74) is 1.06. The number of methoxy groups -OCH3 is 1. The van der Waals surface area contributed by atoms with Gasteiger partial charge < -0.3 is 9.64 Å². The van der Waals surface area contributed by atoms with Gasteiger partial charge >= 0.3 is 5.97 Å². The Morgan fingerprint density at radius 2 is 2.33 bits per heavy atom. The van der Waals surface area contributed by atoms with Crippen LogP contribution in [0, 0.1) is 0 Å². The minimum absolute atomic E-state index is 0. The Morgan fingerprint density at radius 3 is 3.00 bits per heavy atom. The predicted molar refractivity (Wildman–Crippen MR) is 60.7 cm³/mol. The van der Waals surface area contributed by atoms with E-state index in [9.17, 15) is 4.79 Å². The Labute approximate surface area is 98.7 Å². The Bertz CT molecular complexity index is 367. The molecule has 2 rings (SSSR count). The topological polar surface area (TPSA) is 42.4 Å². The number of rotatable bonds is 1. The van der Waals surface area contributed by atoms with Crippen molar-refractivity contribution >= 4 is 29.7 Å². The van der Waals surface area contributed by atoms with Crippen LogP contribution in [0.1, 0.15) is 20.4 Å². The van der Waals surface area contributed by atoms with Crippen LogP contribution in [-0.4, -0.2) is 36.6 Å². The third-order valence-electron chi connectivity index (χ3n) is 2.28. The van der Waals surface area contributed by atoms with Crippen molar-refractivity contribution in [3.8, 4) is 0 Å². The summed E-state index contributed by atoms with van der Waals surface area (Å²) >= 11 is 1.44. The fraction of sp³-hybridized carbons (Fsp3) is 0.556. The number of nitrogens with zero attached hydrogens (tertiary/aromatic N) is 2. The van der Waals surface area contributed by atoms with Gasteiger partial charge in [-0.05, 0) is 7.05 Å². The summed E-state index contributed by atoms with van der Waals surface area (Å²) < 4.78 is 4.64. The van der Waals surface area contributed by atoms with Gasteiger partial charge in [-0.3, -0.25) is 0 Å². The highest BCUT2D eigenvalue weighted by atomic mass is 35.5. The highest BCUT2D eigenvalue weighted by Crippen LogP contribution is 2.24. The summed E-state index contributed by atoms with van der Waals surface area (Å²) in [6, 6.07) is 0. The molecule has 1 aliphatic rings. The van der Waals surface area contributed by atoms with Gasteiger partial charge in [-0.15, -0.1) is 23.7 Å². The van der Waals surface area contributed by atoms with Crippen LogP contribution in [-0.2, 0) is 17.7 Å². The van der Waals surface area contributed by atoms with E-state index in [1.54, 1.807) is 0 Å². The quantitative estimate of drug-likeness (QED) is 0.704. The van der Waals surface area contributed by atoms with Crippen LogP contribution in [0.5, 0.6) is 0 Å². The van der Waals surface area contributed by atoms with E-state index in [4.69, 9.17) is 0 Å². The molecule has 0 bridgehead atoms. The molecule has 0 amide bonds. The number of hydrogen-bond acceptors (Lipinski definition) is 5. The van der Waals surface area contributed by atoms with Crippen molar-refractivity contribution in [1.82, 2.24) is 9.88 Å². The lowest BCUT2D eigenvalue weighted by molar-refractivity contribution is 0.0600. The maximum Gasteiger partial charge on any atom is 0.367 e. The van der Waals surface area contributed by atoms with Gasteiger partial charge in [0.15, 0.2) is 0 Å². The molecule has 2 heterocycles. The molecule has 0 atom stereocenters. The first kappa shape index (κ1) is 12.4. The van der Waals surface area contributed by atoms with E-state index < -0.39 is 0 Å². The number of carbonyl (C=O) groups excluding carboxylic acids is 1. The Hall–Kier alpha value is -0.650. The number of halogens is 1. The van der Waals surface area contributed by atoms with Gasteiger partial charge in [0.1, 0.15) is 0 Å². The zero-order chi connectivity index (χ0) is 10.1. The van der Waals surface area contributed by atoms with Crippen molar-refractivity contribution in [3.05, 3.63) is 15.6 Å². The van der Waals surface area contributed by atoms with Gasteiger partial charge in [0, 0.05) is 24.4 Å². The third-order valence-corrected chi connectivity index (χ3v) is 3.34. The minimum Gasteiger partial charge on any atom is -0.464 e. The largest absolute Gasteiger partial charge is 0.464 e. The van der Waals surface area contributed by atoms with Crippen LogP contribution in [0.15, 0.2) is 0 Å². The molecule has 1 aromatic rings. The van der Waals surface area contributed by atoms with E-state index in [0.717, 1.165) is 25.2 Å². The van der Waals surface area contributed by atoms with Gasteiger partial charge in [0.2, 0.25) is 5.01 Å². The number of aromatic nitrogens is 1. The van der Waals surface area contributed by atoms with Crippen molar-refractivity contribution in [2.45, 2.75) is 13.0 Å². The average Bonchev–Trinajstić information content (AvgIpc) is 2.59. The van der Waals surface area contributed by atoms with E-state index in [1.807, 2.05) is 0 Å². The first-order valence-corrected chi connectivity index (χ1v) is 5.28. The Balaban J connectivity index is 0.00000112. The minimum atomic E-state index is -0.327. The SMILES string of the molecule is COC(=O)c1nc2c(s1)CN(C)CC2.Cl. The third kappa shape index (κ3) is 2.48. The van der Waals surface area contributed by atoms with Crippen molar-refractivity contribution in [3.63, 3.8) is 0 Å². The highest BCUT2D eigenvalue weighted by molar-refractivity contribution is 7.13. The van der Waals surface area contributed by atoms with E-state index in [-0.39, 0.29) is 18.4 Å². The fourth-order valence-corrected chi connectivity index (χ4v) is 2.60. The molecule has 6 heteroatoms. The highest BCUT2D eigenvalue weighted by Gasteiger charge is 2.21. The molecule has 0 aromatic carbocycles. The number of esters is 1. The summed E-state index contributed by atoms with van der Waals surface area (Å²) in [6.45, 7) is 1.90. The molecule has 0 aliphatic carbocycles. The number of carbonyl (C=O) groups is 1. The van der Waals surface area contributed by atoms with Crippen molar-refractivity contribution in [1.29, 1.82) is 0 Å². The summed E-state index contributed by atoms with van der Waals surface area (Å²) in [6.07, 6.45) is 0.930. The van der Waals surface area contributed by atoms with E-state index in [1.165, 1.54) is 23.3 Å². The summed E-state index contributed by atoms with van der Waals surface area (Å²) in [5, 5.41) is 0.479. The van der Waals surface area contributed by atoms with Gasteiger partial charge in [-0.2, -0.15) is 0 Å². The van der Waals surface area contributed by atoms with Gasteiger partial charge in [-0.1, -0.05) is 0 Å². The number of thiazole rings is 1. The number of hydrogen-bond donors (Lipinski definition) is 0. The number of fused-ring (bicyclic) bond motifs is 1. The standard InChI is InChI=1S/C9H12N2O2S.ClH/c1-11-4-3-6-7(5-11)14-8(10-6)9(12)13-2;/h3-5H2,1-2H3;1H. The van der Waals surface area contributed by atoms with Crippen LogP contribution in [0.2, 0.25) is 0 Å². The molecule has 0 radical (unpaired) electrons. The maximum atomic E-state index is 11.2. The van der Waals surface area contributed by atoms with E-state index >= 15 is 0 Å². The van der Waals surface area contributed by atoms with Crippen LogP contribution in [0.4, 0.5) is 0 Å². The molecule has 0 spiro atoms. The number of likely N-dealkylation sites (N-methyl/N-ethyl adjacent to an activating group) is 1. The predicted octanol–water partition coefficient (Wildman–Crippen LogP) is 1.34. The molecule has 1 aliphatic heterocycles. The lowest BCUT2D eigenvalue weighted by atomic mass is 10.2. The van der Waals surface area contributed by atoms with Crippen LogP contribution in [0.25, 0.3) is 0 Å². The zero-order valence-electron chi connectivity index (χ0n) is 8.65. The zero-order valence-corrected chi connectivity index (χ0v) is 10.3. The maximum absolute atomic E-state index is 11.2. The summed E-state index contributed by atoms with van der Waals surface area (Å²) in [5.74, 6) is -0.327. The molecule has 0 saturated carbocycles. The Morgan fingerprint density at radius 1 is 1.60 bits per heavy atom. The molecule has 1 aromatic heterocycles. The first-order valence-electron chi connectivity index (χ1n) is 4.46. The lowest BCUT2D eigenvalue weighted by Crippen LogP contribution is -2.25. The number of ether oxygens (including phenoxy) is 1. The molecule has 0 N–H and O–H groups in total. The van der Waals surface area contributed by atoms with Crippen molar-refractivity contribution in [2.24, 2.45) is 0 Å². The van der Waals surface area contributed by atoms with Crippen molar-refractivity contribution in [2.75, 3.05) is 20.7 Å². The molecule has 0 fully saturated rings. The molecular formula is C9H13ClN2O2S. The summed E-state index contributed by atoms with van der Waals surface area (Å²) in [7, 11) is 3.45. The smallest absolute Gasteiger partial charge is 0.367 e. The Kier molecular flexibility index (Phi) is 4.07. The second-order valence-electron chi connectivity index (χ2n) is 3.37. The monoisotopic (exact) mass is 248 g/mol. The van der Waals surface area contributed by atoms with E-state index in [2.05, 4.69) is 21.7 Å². The molecular weight excluding hydrogens is 236 g/mol. The first-order chi connectivity index (χ1) is 6.70. The van der Waals surface area contributed by atoms with Crippen LogP contribution >= 0.6 is 23.7 Å². The molecule has 4 nitrogen and oxygen atoms in total. The second kappa shape index (κ2) is 4.92. The average molecular weight is 249 g/mol. The summed E-state index contributed by atoms with van der Waals surface area (Å²) in [4.78, 5) is 18.9. The normalized spacial score (nSPS) is 15.3. The van der Waals surface area contributed by atoms with Gasteiger partial charge in [0.25, 0.3) is 0 Å². The second-order valence-corrected chi connectivity index (χ2v) is 4.45. The van der Waals surface area contributed by atoms with E-state index in [0.29, 0.717) is 5.01 Å². The molecule has 0 unspecified atom stereocenters. The van der Waals surface area contributed by atoms with Crippen LogP contribution < -0.4 is 0 Å².